The van der Waals surface area contributed by atoms with Crippen molar-refractivity contribution in [3.05, 3.63) is 59.3 Å². The van der Waals surface area contributed by atoms with Crippen molar-refractivity contribution in [3.8, 4) is 17.6 Å². The minimum Gasteiger partial charge on any atom is -0.454 e. The van der Waals surface area contributed by atoms with E-state index in [0.29, 0.717) is 27.8 Å². The van der Waals surface area contributed by atoms with Crippen LogP contribution in [-0.2, 0) is 0 Å². The van der Waals surface area contributed by atoms with Gasteiger partial charge in [0.1, 0.15) is 23.9 Å². The van der Waals surface area contributed by atoms with Gasteiger partial charge in [0.25, 0.3) is 5.91 Å². The van der Waals surface area contributed by atoms with Gasteiger partial charge in [-0.3, -0.25) is 15.1 Å². The lowest BCUT2D eigenvalue weighted by atomic mass is 10.2. The predicted octanol–water partition coefficient (Wildman–Crippen LogP) is 2.81. The molecule has 0 aliphatic rings. The maximum absolute atomic E-state index is 12.7. The van der Waals surface area contributed by atoms with Crippen LogP contribution in [-0.4, -0.2) is 30.5 Å². The Hall–Kier alpha value is -3.84. The molecule has 0 aliphatic heterocycles. The number of nitrogens with one attached hydrogen (secondary N) is 1. The van der Waals surface area contributed by atoms with Crippen molar-refractivity contribution in [2.24, 2.45) is 0 Å². The highest BCUT2D eigenvalue weighted by molar-refractivity contribution is 7.13. The number of anilines is 1. The van der Waals surface area contributed by atoms with Crippen LogP contribution in [0.2, 0.25) is 0 Å². The van der Waals surface area contributed by atoms with E-state index in [1.54, 1.807) is 18.3 Å². The van der Waals surface area contributed by atoms with Crippen LogP contribution in [0.5, 0.6) is 11.5 Å². The number of ether oxygens (including phenoxy) is 1. The number of hydrogen-bond donors (Lipinski definition) is 1. The summed E-state index contributed by atoms with van der Waals surface area (Å²) in [5.74, 6) is 0.345. The second-order valence-electron chi connectivity index (χ2n) is 5.49. The zero-order valence-electron chi connectivity index (χ0n) is 13.9. The molecule has 0 radical (unpaired) electrons. The first kappa shape index (κ1) is 16.6. The van der Waals surface area contributed by atoms with Crippen molar-refractivity contribution in [2.75, 3.05) is 5.32 Å². The first-order chi connectivity index (χ1) is 13.1. The molecule has 27 heavy (non-hydrogen) atoms. The van der Waals surface area contributed by atoms with Gasteiger partial charge in [-0.15, -0.1) is 11.3 Å². The van der Waals surface area contributed by atoms with E-state index in [-0.39, 0.29) is 11.5 Å². The Morgan fingerprint density at radius 3 is 3.00 bits per heavy atom. The van der Waals surface area contributed by atoms with E-state index in [4.69, 9.17) is 10.00 Å². The number of fused-ring (bicyclic) bond motifs is 1. The van der Waals surface area contributed by atoms with Gasteiger partial charge in [-0.05, 0) is 13.0 Å². The van der Waals surface area contributed by atoms with Crippen LogP contribution in [0.4, 0.5) is 5.13 Å². The topological polar surface area (TPSA) is 118 Å². The number of rotatable bonds is 4. The van der Waals surface area contributed by atoms with Gasteiger partial charge in [0, 0.05) is 17.6 Å². The standard InChI is InChI=1S/C17H11N7O2S/c1-10-8-27-17(22-10)23-16(25)14-3-13(7-24-15(14)20-9-21-24)26-12-2-11(4-18)5-19-6-12/h2-3,5-9H,1H3,(H,22,23,25). The summed E-state index contributed by atoms with van der Waals surface area (Å²) >= 11 is 1.33. The summed E-state index contributed by atoms with van der Waals surface area (Å²) in [6.07, 6.45) is 5.85. The minimum atomic E-state index is -0.378. The molecule has 132 valence electrons. The molecule has 10 heteroatoms. The molecule has 0 bridgehead atoms. The van der Waals surface area contributed by atoms with Crippen LogP contribution >= 0.6 is 11.3 Å². The van der Waals surface area contributed by atoms with Gasteiger partial charge in [-0.2, -0.15) is 10.4 Å². The predicted molar refractivity (Wildman–Crippen MR) is 96.8 cm³/mol. The number of aryl methyl sites for hydroxylation is 1. The van der Waals surface area contributed by atoms with Crippen molar-refractivity contribution >= 4 is 28.0 Å². The zero-order valence-corrected chi connectivity index (χ0v) is 14.8. The number of carbonyl (C=O) groups excluding carboxylic acids is 1. The number of amides is 1. The van der Waals surface area contributed by atoms with Gasteiger partial charge >= 0.3 is 0 Å². The first-order valence-corrected chi connectivity index (χ1v) is 8.60. The van der Waals surface area contributed by atoms with Crippen LogP contribution in [0, 0.1) is 18.3 Å². The Kier molecular flexibility index (Phi) is 4.19. The largest absolute Gasteiger partial charge is 0.454 e. The Morgan fingerprint density at radius 2 is 2.22 bits per heavy atom. The molecule has 0 spiro atoms. The summed E-state index contributed by atoms with van der Waals surface area (Å²) in [6.45, 7) is 1.85. The Morgan fingerprint density at radius 1 is 1.33 bits per heavy atom. The molecule has 0 saturated heterocycles. The lowest BCUT2D eigenvalue weighted by Crippen LogP contribution is -2.14. The van der Waals surface area contributed by atoms with Gasteiger partial charge in [0.15, 0.2) is 10.8 Å². The van der Waals surface area contributed by atoms with Gasteiger partial charge in [-0.25, -0.2) is 14.5 Å². The van der Waals surface area contributed by atoms with Crippen molar-refractivity contribution in [2.45, 2.75) is 6.92 Å². The SMILES string of the molecule is Cc1csc(NC(=O)c2cc(Oc3cncc(C#N)c3)cn3ncnc23)n1. The molecule has 0 aromatic carbocycles. The lowest BCUT2D eigenvalue weighted by Gasteiger charge is -2.09. The summed E-state index contributed by atoms with van der Waals surface area (Å²) in [4.78, 5) is 25.0. The van der Waals surface area contributed by atoms with Gasteiger partial charge in [0.2, 0.25) is 0 Å². The van der Waals surface area contributed by atoms with Crippen LogP contribution < -0.4 is 10.1 Å². The number of nitriles is 1. The molecule has 4 heterocycles. The summed E-state index contributed by atoms with van der Waals surface area (Å²) in [5, 5.41) is 18.1. The molecule has 9 nitrogen and oxygen atoms in total. The fraction of sp³-hybridized carbons (Fsp3) is 0.0588. The van der Waals surface area contributed by atoms with Crippen LogP contribution in [0.3, 0.4) is 0 Å². The number of aromatic nitrogens is 5. The van der Waals surface area contributed by atoms with Crippen molar-refractivity contribution in [1.82, 2.24) is 24.6 Å². The average molecular weight is 377 g/mol. The highest BCUT2D eigenvalue weighted by atomic mass is 32.1. The molecule has 1 N–H and O–H groups in total. The molecule has 1 amide bonds. The van der Waals surface area contributed by atoms with E-state index in [2.05, 4.69) is 25.4 Å². The summed E-state index contributed by atoms with van der Waals surface area (Å²) < 4.78 is 7.19. The van der Waals surface area contributed by atoms with Crippen LogP contribution in [0.15, 0.2) is 42.4 Å². The Balaban J connectivity index is 1.69. The fourth-order valence-corrected chi connectivity index (χ4v) is 3.06. The number of nitrogens with zero attached hydrogens (tertiary/aromatic N) is 6. The molecule has 0 unspecified atom stereocenters. The number of carbonyl (C=O) groups is 1. The minimum absolute atomic E-state index is 0.280. The summed E-state index contributed by atoms with van der Waals surface area (Å²) in [7, 11) is 0. The van der Waals surface area contributed by atoms with E-state index in [0.717, 1.165) is 5.69 Å². The van der Waals surface area contributed by atoms with Gasteiger partial charge in [-0.1, -0.05) is 0 Å². The van der Waals surface area contributed by atoms with Crippen LogP contribution in [0.1, 0.15) is 21.6 Å². The van der Waals surface area contributed by atoms with Gasteiger partial charge < -0.3 is 4.74 Å². The number of thiazole rings is 1. The average Bonchev–Trinajstić information content (AvgIpc) is 3.29. The third-order valence-corrected chi connectivity index (χ3v) is 4.39. The summed E-state index contributed by atoms with van der Waals surface area (Å²) in [6, 6.07) is 5.10. The second-order valence-corrected chi connectivity index (χ2v) is 6.35. The third kappa shape index (κ3) is 3.44. The monoisotopic (exact) mass is 377 g/mol. The molecular weight excluding hydrogens is 366 g/mol. The summed E-state index contributed by atoms with van der Waals surface area (Å²) in [5.41, 5.74) is 1.86. The maximum Gasteiger partial charge on any atom is 0.261 e. The van der Waals surface area contributed by atoms with Crippen molar-refractivity contribution < 1.29 is 9.53 Å². The number of pyridine rings is 2. The third-order valence-electron chi connectivity index (χ3n) is 3.51. The maximum atomic E-state index is 12.7. The first-order valence-electron chi connectivity index (χ1n) is 7.72. The van der Waals surface area contributed by atoms with E-state index in [9.17, 15) is 4.79 Å². The van der Waals surface area contributed by atoms with E-state index in [1.165, 1.54) is 34.6 Å². The lowest BCUT2D eigenvalue weighted by molar-refractivity contribution is 0.102. The van der Waals surface area contributed by atoms with Crippen molar-refractivity contribution in [1.29, 1.82) is 5.26 Å². The zero-order chi connectivity index (χ0) is 18.8. The van der Waals surface area contributed by atoms with Crippen LogP contribution in [0.25, 0.3) is 5.65 Å². The quantitative estimate of drug-likeness (QED) is 0.581. The number of hydrogen-bond acceptors (Lipinski definition) is 8. The molecular formula is C17H11N7O2S. The smallest absolute Gasteiger partial charge is 0.261 e. The molecule has 0 saturated carbocycles. The molecule has 4 rings (SSSR count). The normalized spacial score (nSPS) is 10.5. The van der Waals surface area contributed by atoms with E-state index >= 15 is 0 Å². The fourth-order valence-electron chi connectivity index (χ4n) is 2.37. The molecule has 4 aromatic rings. The van der Waals surface area contributed by atoms with Gasteiger partial charge in [0.05, 0.1) is 29.2 Å². The van der Waals surface area contributed by atoms with Crippen molar-refractivity contribution in [3.63, 3.8) is 0 Å². The molecule has 0 aliphatic carbocycles. The Labute approximate surface area is 156 Å². The van der Waals surface area contributed by atoms with E-state index < -0.39 is 0 Å². The molecule has 4 aromatic heterocycles. The second kappa shape index (κ2) is 6.81. The highest BCUT2D eigenvalue weighted by Gasteiger charge is 2.17. The Bertz CT molecular complexity index is 1190. The molecule has 0 atom stereocenters. The highest BCUT2D eigenvalue weighted by Crippen LogP contribution is 2.25. The van der Waals surface area contributed by atoms with E-state index in [1.807, 2.05) is 18.4 Å². The molecule has 0 fully saturated rings.